The van der Waals surface area contributed by atoms with E-state index in [-0.39, 0.29) is 31.0 Å². The molecule has 5 rings (SSSR count). The number of nitrogens with one attached hydrogen (secondary N) is 3. The number of rotatable bonds is 14. The molecule has 3 aliphatic rings. The van der Waals surface area contributed by atoms with Gasteiger partial charge in [-0.05, 0) is 42.2 Å². The van der Waals surface area contributed by atoms with Crippen LogP contribution in [-0.2, 0) is 41.7 Å². The van der Waals surface area contributed by atoms with Crippen LogP contribution in [0.15, 0.2) is 42.9 Å². The highest BCUT2D eigenvalue weighted by Crippen LogP contribution is 2.26. The number of ketones is 1. The molecular formula is C39H52N8O8. The highest BCUT2D eigenvalue weighted by Gasteiger charge is 2.46. The SMILES string of the molecule is CCC[C@H](NC(=O)C1C[C@@H](OC(=O)N2CCc3ccccc3C2)CN1C(=O)[C@@H](NC(=O)[C@@H](NC(=O)c1cnccn1)C(C)C)C(C)C)C(=O)C(=O)N1CCC1. The van der Waals surface area contributed by atoms with Crippen LogP contribution < -0.4 is 16.0 Å². The third-order valence-corrected chi connectivity index (χ3v) is 10.3. The monoisotopic (exact) mass is 760 g/mol. The summed E-state index contributed by atoms with van der Waals surface area (Å²) in [4.78, 5) is 107. The number of likely N-dealkylation sites (tertiary alicyclic amines) is 2. The van der Waals surface area contributed by atoms with Crippen molar-refractivity contribution in [3.8, 4) is 0 Å². The molecule has 16 heteroatoms. The largest absolute Gasteiger partial charge is 0.444 e. The molecule has 55 heavy (non-hydrogen) atoms. The predicted octanol–water partition coefficient (Wildman–Crippen LogP) is 1.62. The Labute approximate surface area is 321 Å². The Bertz CT molecular complexity index is 1750. The Balaban J connectivity index is 1.35. The summed E-state index contributed by atoms with van der Waals surface area (Å²) in [5, 5.41) is 8.20. The molecule has 5 atom stereocenters. The van der Waals surface area contributed by atoms with Gasteiger partial charge in [0.25, 0.3) is 11.8 Å². The highest BCUT2D eigenvalue weighted by molar-refractivity contribution is 6.38. The molecule has 1 unspecified atom stereocenters. The fraction of sp³-hybridized carbons (Fsp3) is 0.564. The second kappa shape index (κ2) is 18.3. The zero-order chi connectivity index (χ0) is 39.8. The van der Waals surface area contributed by atoms with E-state index in [0.29, 0.717) is 39.0 Å². The lowest BCUT2D eigenvalue weighted by molar-refractivity contribution is -0.149. The van der Waals surface area contributed by atoms with E-state index in [0.717, 1.165) is 17.5 Å². The van der Waals surface area contributed by atoms with E-state index >= 15 is 0 Å². The Morgan fingerprint density at radius 2 is 1.58 bits per heavy atom. The summed E-state index contributed by atoms with van der Waals surface area (Å²) in [6, 6.07) is 3.35. The summed E-state index contributed by atoms with van der Waals surface area (Å²) in [6.45, 7) is 10.4. The van der Waals surface area contributed by atoms with Gasteiger partial charge in [0.15, 0.2) is 0 Å². The zero-order valence-electron chi connectivity index (χ0n) is 32.2. The summed E-state index contributed by atoms with van der Waals surface area (Å²) in [5.41, 5.74) is 2.18. The molecule has 0 spiro atoms. The maximum Gasteiger partial charge on any atom is 0.410 e. The number of aromatic nitrogens is 2. The number of carbonyl (C=O) groups excluding carboxylic acids is 7. The van der Waals surface area contributed by atoms with Crippen LogP contribution in [0, 0.1) is 11.8 Å². The molecule has 6 amide bonds. The number of nitrogens with zero attached hydrogens (tertiary/aromatic N) is 5. The minimum Gasteiger partial charge on any atom is -0.444 e. The first-order valence-electron chi connectivity index (χ1n) is 19.1. The van der Waals surface area contributed by atoms with E-state index < -0.39 is 77.6 Å². The van der Waals surface area contributed by atoms with Gasteiger partial charge in [0.2, 0.25) is 23.5 Å². The van der Waals surface area contributed by atoms with Crippen molar-refractivity contribution in [2.45, 2.75) is 104 Å². The van der Waals surface area contributed by atoms with E-state index in [1.54, 1.807) is 32.6 Å². The Morgan fingerprint density at radius 3 is 2.20 bits per heavy atom. The molecule has 0 aliphatic carbocycles. The molecule has 2 fully saturated rings. The van der Waals surface area contributed by atoms with Gasteiger partial charge in [-0.15, -0.1) is 0 Å². The fourth-order valence-electron chi connectivity index (χ4n) is 6.99. The van der Waals surface area contributed by atoms with Crippen LogP contribution in [0.5, 0.6) is 0 Å². The number of hydrogen-bond acceptors (Lipinski definition) is 10. The minimum absolute atomic E-state index is 0.0177. The zero-order valence-corrected chi connectivity index (χ0v) is 32.2. The Hall–Kier alpha value is -5.41. The van der Waals surface area contributed by atoms with E-state index in [9.17, 15) is 33.6 Å². The maximum atomic E-state index is 14.5. The number of hydrogen-bond donors (Lipinski definition) is 3. The first-order chi connectivity index (χ1) is 26.3. The van der Waals surface area contributed by atoms with Gasteiger partial charge in [-0.3, -0.25) is 33.8 Å². The molecule has 0 saturated carbocycles. The van der Waals surface area contributed by atoms with Crippen LogP contribution in [0.4, 0.5) is 4.79 Å². The molecule has 0 bridgehead atoms. The van der Waals surface area contributed by atoms with Crippen molar-refractivity contribution >= 4 is 41.4 Å². The van der Waals surface area contributed by atoms with Gasteiger partial charge >= 0.3 is 6.09 Å². The molecule has 16 nitrogen and oxygen atoms in total. The first-order valence-corrected chi connectivity index (χ1v) is 19.1. The lowest BCUT2D eigenvalue weighted by Crippen LogP contribution is -2.60. The van der Waals surface area contributed by atoms with Crippen molar-refractivity contribution in [3.05, 3.63) is 59.7 Å². The van der Waals surface area contributed by atoms with Gasteiger partial charge in [-0.25, -0.2) is 9.78 Å². The summed E-state index contributed by atoms with van der Waals surface area (Å²) >= 11 is 0. The van der Waals surface area contributed by atoms with Crippen LogP contribution in [0.2, 0.25) is 0 Å². The minimum atomic E-state index is -1.19. The number of amides is 6. The average Bonchev–Trinajstić information content (AvgIpc) is 3.58. The van der Waals surface area contributed by atoms with Gasteiger partial charge in [0, 0.05) is 45.0 Å². The second-order valence-electron chi connectivity index (χ2n) is 15.1. The lowest BCUT2D eigenvalue weighted by atomic mass is 9.98. The number of benzene rings is 1. The summed E-state index contributed by atoms with van der Waals surface area (Å²) in [6.07, 6.45) is 4.68. The van der Waals surface area contributed by atoms with E-state index in [1.807, 2.05) is 31.2 Å². The molecule has 296 valence electrons. The third kappa shape index (κ3) is 9.83. The smallest absolute Gasteiger partial charge is 0.410 e. The highest BCUT2D eigenvalue weighted by atomic mass is 16.6. The van der Waals surface area contributed by atoms with Crippen molar-refractivity contribution in [3.63, 3.8) is 0 Å². The molecule has 2 saturated heterocycles. The summed E-state index contributed by atoms with van der Waals surface area (Å²) in [7, 11) is 0. The van der Waals surface area contributed by atoms with E-state index in [4.69, 9.17) is 4.74 Å². The van der Waals surface area contributed by atoms with Crippen molar-refractivity contribution in [2.24, 2.45) is 11.8 Å². The molecule has 2 aromatic rings. The van der Waals surface area contributed by atoms with Gasteiger partial charge in [-0.1, -0.05) is 65.3 Å². The number of carbonyl (C=O) groups is 7. The quantitative estimate of drug-likeness (QED) is 0.238. The average molecular weight is 761 g/mol. The Kier molecular flexibility index (Phi) is 13.5. The van der Waals surface area contributed by atoms with Gasteiger partial charge in [0.1, 0.15) is 29.9 Å². The van der Waals surface area contributed by atoms with Crippen LogP contribution in [0.3, 0.4) is 0 Å². The molecule has 3 N–H and O–H groups in total. The van der Waals surface area contributed by atoms with E-state index in [2.05, 4.69) is 25.9 Å². The van der Waals surface area contributed by atoms with E-state index in [1.165, 1.54) is 28.4 Å². The number of ether oxygens (including phenoxy) is 1. The fourth-order valence-corrected chi connectivity index (χ4v) is 6.99. The van der Waals surface area contributed by atoms with Crippen LogP contribution in [0.1, 0.15) is 81.9 Å². The van der Waals surface area contributed by atoms with Crippen molar-refractivity contribution in [1.82, 2.24) is 40.6 Å². The molecule has 1 aromatic carbocycles. The van der Waals surface area contributed by atoms with Crippen molar-refractivity contribution in [1.29, 1.82) is 0 Å². The van der Waals surface area contributed by atoms with Gasteiger partial charge < -0.3 is 35.4 Å². The van der Waals surface area contributed by atoms with Crippen LogP contribution in [-0.4, -0.2) is 123 Å². The standard InChI is InChI=1S/C39H52N8O8/c1-6-10-28(33(48)38(53)45-16-9-17-45)42-35(50)30-19-27(55-39(54)46-18-13-25-11-7-8-12-26(25)21-46)22-47(30)37(52)32(24(4)5)44-36(51)31(23(2)3)43-34(49)29-20-40-14-15-41-29/h7-8,11-12,14-15,20,23-24,27-28,30-32H,6,9-10,13,16-19,21-22H2,1-5H3,(H,42,50)(H,43,49)(H,44,51)/t27-,28+,30?,31+,32+/m1/s1. The van der Waals surface area contributed by atoms with Crippen molar-refractivity contribution < 1.29 is 38.3 Å². The summed E-state index contributed by atoms with van der Waals surface area (Å²) < 4.78 is 5.93. The molecule has 3 aliphatic heterocycles. The maximum absolute atomic E-state index is 14.5. The van der Waals surface area contributed by atoms with Gasteiger partial charge in [-0.2, -0.15) is 0 Å². The second-order valence-corrected chi connectivity index (χ2v) is 15.1. The molecule has 4 heterocycles. The predicted molar refractivity (Wildman–Crippen MR) is 199 cm³/mol. The van der Waals surface area contributed by atoms with Gasteiger partial charge in [0.05, 0.1) is 18.8 Å². The van der Waals surface area contributed by atoms with Crippen LogP contribution in [0.25, 0.3) is 0 Å². The molecule has 0 radical (unpaired) electrons. The number of Topliss-reactive ketones (excluding diaryl/α,β-unsaturated/α-hetero) is 1. The lowest BCUT2D eigenvalue weighted by Gasteiger charge is -2.33. The first kappa shape index (κ1) is 40.8. The van der Waals surface area contributed by atoms with Crippen LogP contribution >= 0.6 is 0 Å². The normalized spacial score (nSPS) is 19.4. The topological polar surface area (TPSA) is 200 Å². The Morgan fingerprint density at radius 1 is 0.873 bits per heavy atom. The molecule has 1 aromatic heterocycles. The molecular weight excluding hydrogens is 708 g/mol. The third-order valence-electron chi connectivity index (χ3n) is 10.3. The summed E-state index contributed by atoms with van der Waals surface area (Å²) in [5.74, 6) is -4.75. The van der Waals surface area contributed by atoms with Crippen molar-refractivity contribution in [2.75, 3.05) is 26.2 Å². The number of fused-ring (bicyclic) bond motifs is 1.